The topological polar surface area (TPSA) is 18.5 Å². The zero-order valence-corrected chi connectivity index (χ0v) is 14.8. The number of ether oxygens (including phenoxy) is 2. The Morgan fingerprint density at radius 1 is 1.00 bits per heavy atom. The van der Waals surface area contributed by atoms with E-state index >= 15 is 0 Å². The van der Waals surface area contributed by atoms with E-state index < -0.39 is 23.2 Å². The van der Waals surface area contributed by atoms with Gasteiger partial charge < -0.3 is 9.47 Å². The van der Waals surface area contributed by atoms with Crippen LogP contribution in [0.15, 0.2) is 67.3 Å². The van der Waals surface area contributed by atoms with Crippen LogP contribution in [0.5, 0.6) is 11.5 Å². The normalized spacial score (nSPS) is 11.4. The highest BCUT2D eigenvalue weighted by atomic mass is 19.3. The summed E-state index contributed by atoms with van der Waals surface area (Å²) in [6.07, 6.45) is -1.33. The summed E-state index contributed by atoms with van der Waals surface area (Å²) in [5.74, 6) is -0.900. The van der Waals surface area contributed by atoms with Gasteiger partial charge in [-0.25, -0.2) is 4.39 Å². The van der Waals surface area contributed by atoms with Gasteiger partial charge in [0.2, 0.25) is 0 Å². The van der Waals surface area contributed by atoms with Crippen molar-refractivity contribution in [3.63, 3.8) is 0 Å². The maximum atomic E-state index is 14.5. The molecule has 0 saturated carbocycles. The van der Waals surface area contributed by atoms with Gasteiger partial charge in [0.25, 0.3) is 0 Å². The highest BCUT2D eigenvalue weighted by Gasteiger charge is 2.35. The largest absolute Gasteiger partial charge is 0.490 e. The summed E-state index contributed by atoms with van der Waals surface area (Å²) in [6, 6.07) is 13.2. The van der Waals surface area contributed by atoms with Gasteiger partial charge in [0.15, 0.2) is 11.6 Å². The van der Waals surface area contributed by atoms with Crippen LogP contribution in [0.25, 0.3) is 10.8 Å². The van der Waals surface area contributed by atoms with E-state index in [4.69, 9.17) is 9.47 Å². The molecule has 0 aliphatic carbocycles. The lowest BCUT2D eigenvalue weighted by Gasteiger charge is -2.19. The molecule has 0 fully saturated rings. The van der Waals surface area contributed by atoms with Crippen LogP contribution in [0.4, 0.5) is 13.2 Å². The van der Waals surface area contributed by atoms with E-state index in [2.05, 4.69) is 6.58 Å². The van der Waals surface area contributed by atoms with Crippen LogP contribution < -0.4 is 9.47 Å². The summed E-state index contributed by atoms with van der Waals surface area (Å²) in [5, 5.41) is 1.28. The Bertz CT molecular complexity index is 950. The van der Waals surface area contributed by atoms with Crippen molar-refractivity contribution in [3.8, 4) is 11.5 Å². The zero-order valence-electron chi connectivity index (χ0n) is 14.8. The molecular weight excluding hydrogens is 353 g/mol. The smallest absolute Gasteiger partial charge is 0.426 e. The molecule has 0 amide bonds. The fraction of sp³-hybridized carbons (Fsp3) is 0.182. The number of benzene rings is 3. The van der Waals surface area contributed by atoms with Crippen molar-refractivity contribution in [1.29, 1.82) is 0 Å². The molecule has 2 nitrogen and oxygen atoms in total. The van der Waals surface area contributed by atoms with Crippen LogP contribution in [-0.2, 0) is 12.5 Å². The number of hydrogen-bond donors (Lipinski definition) is 0. The van der Waals surface area contributed by atoms with Crippen molar-refractivity contribution >= 4 is 10.8 Å². The average molecular weight is 372 g/mol. The molecule has 27 heavy (non-hydrogen) atoms. The lowest BCUT2D eigenvalue weighted by Crippen LogP contribution is -2.22. The Morgan fingerprint density at radius 2 is 1.74 bits per heavy atom. The Kier molecular flexibility index (Phi) is 5.40. The van der Waals surface area contributed by atoms with E-state index in [0.717, 1.165) is 12.0 Å². The molecular formula is C22H19F3O2. The molecule has 0 saturated heterocycles. The first-order valence-electron chi connectivity index (χ1n) is 8.56. The fourth-order valence-electron chi connectivity index (χ4n) is 2.69. The molecule has 3 aromatic carbocycles. The quantitative estimate of drug-likeness (QED) is 0.458. The molecule has 0 aromatic heterocycles. The Hall–Kier alpha value is -2.95. The predicted molar refractivity (Wildman–Crippen MR) is 99.9 cm³/mol. The number of alkyl halides is 2. The minimum absolute atomic E-state index is 0.272. The second-order valence-corrected chi connectivity index (χ2v) is 6.06. The highest BCUT2D eigenvalue weighted by molar-refractivity contribution is 5.84. The van der Waals surface area contributed by atoms with Gasteiger partial charge in [-0.05, 0) is 59.2 Å². The third-order valence-electron chi connectivity index (χ3n) is 4.16. The number of aryl methyl sites for hydroxylation is 1. The Morgan fingerprint density at radius 3 is 2.41 bits per heavy atom. The minimum atomic E-state index is -3.69. The van der Waals surface area contributed by atoms with Gasteiger partial charge in [0.05, 0.1) is 5.56 Å². The SMILES string of the molecule is C=CCOc1ccc(C(F)(F)Oc2cc3ccc(CC)cc3cc2F)cc1. The minimum Gasteiger partial charge on any atom is -0.490 e. The van der Waals surface area contributed by atoms with Gasteiger partial charge in [-0.15, -0.1) is 0 Å². The summed E-state index contributed by atoms with van der Waals surface area (Å²) in [4.78, 5) is 0. The molecule has 0 atom stereocenters. The Balaban J connectivity index is 1.86. The lowest BCUT2D eigenvalue weighted by molar-refractivity contribution is -0.186. The van der Waals surface area contributed by atoms with Crippen molar-refractivity contribution in [2.75, 3.05) is 6.61 Å². The van der Waals surface area contributed by atoms with Crippen LogP contribution in [0.1, 0.15) is 18.1 Å². The van der Waals surface area contributed by atoms with Crippen molar-refractivity contribution in [3.05, 3.63) is 84.2 Å². The number of fused-ring (bicyclic) bond motifs is 1. The average Bonchev–Trinajstić information content (AvgIpc) is 2.66. The summed E-state index contributed by atoms with van der Waals surface area (Å²) in [6.45, 7) is 5.78. The first-order valence-corrected chi connectivity index (χ1v) is 8.56. The van der Waals surface area contributed by atoms with Gasteiger partial charge in [0.1, 0.15) is 12.4 Å². The summed E-state index contributed by atoms with van der Waals surface area (Å²) < 4.78 is 53.3. The number of rotatable bonds is 7. The standard InChI is InChI=1S/C22H19F3O2/c1-3-11-26-19-9-7-18(8-10-19)22(24,25)27-21-14-16-6-5-15(4-2)12-17(16)13-20(21)23/h3,5-10,12-14H,1,4,11H2,2H3. The Labute approximate surface area is 155 Å². The summed E-state index contributed by atoms with van der Waals surface area (Å²) in [7, 11) is 0. The van der Waals surface area contributed by atoms with E-state index in [1.54, 1.807) is 12.1 Å². The summed E-state index contributed by atoms with van der Waals surface area (Å²) >= 11 is 0. The van der Waals surface area contributed by atoms with Gasteiger partial charge in [-0.1, -0.05) is 37.8 Å². The number of halogens is 3. The molecule has 0 heterocycles. The maximum Gasteiger partial charge on any atom is 0.426 e. The van der Waals surface area contributed by atoms with Gasteiger partial charge in [-0.2, -0.15) is 8.78 Å². The van der Waals surface area contributed by atoms with Gasteiger partial charge in [0, 0.05) is 0 Å². The second kappa shape index (κ2) is 7.74. The first kappa shape index (κ1) is 18.8. The lowest BCUT2D eigenvalue weighted by atomic mass is 10.1. The van der Waals surface area contributed by atoms with E-state index in [9.17, 15) is 13.2 Å². The summed E-state index contributed by atoms with van der Waals surface area (Å²) in [5.41, 5.74) is 0.647. The maximum absolute atomic E-state index is 14.5. The van der Waals surface area contributed by atoms with Crippen molar-refractivity contribution < 1.29 is 22.6 Å². The van der Waals surface area contributed by atoms with E-state index in [-0.39, 0.29) is 6.61 Å². The van der Waals surface area contributed by atoms with Gasteiger partial charge in [-0.3, -0.25) is 0 Å². The van der Waals surface area contributed by atoms with E-state index in [0.29, 0.717) is 16.5 Å². The van der Waals surface area contributed by atoms with Gasteiger partial charge >= 0.3 is 6.11 Å². The fourth-order valence-corrected chi connectivity index (χ4v) is 2.69. The molecule has 0 unspecified atom stereocenters. The molecule has 0 spiro atoms. The van der Waals surface area contributed by atoms with Crippen molar-refractivity contribution in [2.45, 2.75) is 19.5 Å². The molecule has 5 heteroatoms. The zero-order chi connectivity index (χ0) is 19.4. The molecule has 140 valence electrons. The highest BCUT2D eigenvalue weighted by Crippen LogP contribution is 2.35. The van der Waals surface area contributed by atoms with Crippen LogP contribution in [0, 0.1) is 5.82 Å². The molecule has 0 N–H and O–H groups in total. The van der Waals surface area contributed by atoms with Crippen molar-refractivity contribution in [2.24, 2.45) is 0 Å². The third-order valence-corrected chi connectivity index (χ3v) is 4.16. The monoisotopic (exact) mass is 372 g/mol. The van der Waals surface area contributed by atoms with E-state index in [1.165, 1.54) is 36.4 Å². The van der Waals surface area contributed by atoms with Crippen LogP contribution in [0.3, 0.4) is 0 Å². The molecule has 0 aliphatic heterocycles. The molecule has 0 radical (unpaired) electrons. The van der Waals surface area contributed by atoms with Crippen LogP contribution in [-0.4, -0.2) is 6.61 Å². The van der Waals surface area contributed by atoms with E-state index in [1.807, 2.05) is 19.1 Å². The predicted octanol–water partition coefficient (Wildman–Crippen LogP) is 6.23. The third kappa shape index (κ3) is 4.25. The molecule has 3 rings (SSSR count). The first-order chi connectivity index (χ1) is 12.9. The number of hydrogen-bond acceptors (Lipinski definition) is 2. The molecule has 0 bridgehead atoms. The van der Waals surface area contributed by atoms with Crippen LogP contribution in [0.2, 0.25) is 0 Å². The molecule has 0 aliphatic rings. The van der Waals surface area contributed by atoms with Crippen LogP contribution >= 0.6 is 0 Å². The molecule has 3 aromatic rings. The van der Waals surface area contributed by atoms with Crippen molar-refractivity contribution in [1.82, 2.24) is 0 Å². The second-order valence-electron chi connectivity index (χ2n) is 6.06.